The van der Waals surface area contributed by atoms with Crippen molar-refractivity contribution in [2.24, 2.45) is 5.73 Å². The van der Waals surface area contributed by atoms with Crippen LogP contribution in [-0.4, -0.2) is 34.9 Å². The maximum absolute atomic E-state index is 7.64. The molecule has 1 aliphatic rings. The number of nitrogen functional groups attached to an aromatic ring is 1. The van der Waals surface area contributed by atoms with Gasteiger partial charge in [-0.3, -0.25) is 5.41 Å². The number of aromatic nitrogens is 1. The monoisotopic (exact) mass is 250 g/mol. The van der Waals surface area contributed by atoms with Crippen LogP contribution >= 0.6 is 11.8 Å². The quantitative estimate of drug-likeness (QED) is 0.618. The Morgan fingerprint density at radius 3 is 3.00 bits per heavy atom. The van der Waals surface area contributed by atoms with E-state index in [0.29, 0.717) is 6.04 Å². The van der Waals surface area contributed by atoms with E-state index in [1.165, 1.54) is 0 Å². The molecule has 0 spiro atoms. The number of hydrogen-bond donors (Lipinski definition) is 2. The second kappa shape index (κ2) is 4.96. The van der Waals surface area contributed by atoms with E-state index in [9.17, 15) is 0 Å². The highest BCUT2D eigenvalue weighted by molar-refractivity contribution is 7.99. The first kappa shape index (κ1) is 12.2. The summed E-state index contributed by atoms with van der Waals surface area (Å²) in [5.74, 6) is 3.17. The molecule has 3 N–H and O–H groups in total. The molecule has 1 aliphatic heterocycles. The Balaban J connectivity index is 2.41. The number of nitrogens with zero attached hydrogens (tertiary/aromatic N) is 2. The van der Waals surface area contributed by atoms with Crippen molar-refractivity contribution in [2.75, 3.05) is 23.0 Å². The zero-order chi connectivity index (χ0) is 12.4. The Morgan fingerprint density at radius 1 is 1.59 bits per heavy atom. The van der Waals surface area contributed by atoms with E-state index in [0.717, 1.165) is 35.1 Å². The number of anilines is 1. The van der Waals surface area contributed by atoms with Crippen molar-refractivity contribution >= 4 is 23.4 Å². The molecule has 1 aromatic rings. The number of pyridine rings is 1. The molecule has 1 aromatic heterocycles. The number of amidine groups is 1. The highest BCUT2D eigenvalue weighted by Crippen LogP contribution is 2.25. The highest BCUT2D eigenvalue weighted by Gasteiger charge is 2.23. The van der Waals surface area contributed by atoms with Gasteiger partial charge in [-0.1, -0.05) is 0 Å². The zero-order valence-corrected chi connectivity index (χ0v) is 11.0. The summed E-state index contributed by atoms with van der Waals surface area (Å²) in [7, 11) is 0. The first-order valence-electron chi connectivity index (χ1n) is 5.76. The SMILES string of the molecule is Cc1ccc(C(=N)N)c(N2CCSCC2C)n1. The molecule has 1 saturated heterocycles. The molecule has 1 atom stereocenters. The van der Waals surface area contributed by atoms with E-state index in [-0.39, 0.29) is 5.84 Å². The van der Waals surface area contributed by atoms with Crippen molar-refractivity contribution in [1.82, 2.24) is 4.98 Å². The molecule has 2 heterocycles. The lowest BCUT2D eigenvalue weighted by molar-refractivity contribution is 0.688. The standard InChI is InChI=1S/C12H18N4S/c1-8-3-4-10(11(13)14)12(15-8)16-5-6-17-7-9(16)2/h3-4,9H,5-7H2,1-2H3,(H3,13,14). The Kier molecular flexibility index (Phi) is 3.57. The third-order valence-corrected chi connectivity index (χ3v) is 4.13. The molecule has 1 fully saturated rings. The predicted octanol–water partition coefficient (Wildman–Crippen LogP) is 1.62. The number of rotatable bonds is 2. The van der Waals surface area contributed by atoms with Crippen molar-refractivity contribution in [2.45, 2.75) is 19.9 Å². The minimum absolute atomic E-state index is 0.0953. The minimum Gasteiger partial charge on any atom is -0.384 e. The van der Waals surface area contributed by atoms with Crippen molar-refractivity contribution < 1.29 is 0 Å². The Labute approximate surface area is 106 Å². The van der Waals surface area contributed by atoms with Gasteiger partial charge in [0.1, 0.15) is 11.7 Å². The van der Waals surface area contributed by atoms with Gasteiger partial charge in [0.15, 0.2) is 0 Å². The summed E-state index contributed by atoms with van der Waals surface area (Å²) in [6.07, 6.45) is 0. The summed E-state index contributed by atoms with van der Waals surface area (Å²) >= 11 is 1.97. The molecule has 92 valence electrons. The van der Waals surface area contributed by atoms with Gasteiger partial charge in [0, 0.05) is 29.8 Å². The Bertz CT molecular complexity index is 433. The van der Waals surface area contributed by atoms with Crippen LogP contribution in [0.15, 0.2) is 12.1 Å². The molecule has 1 unspecified atom stereocenters. The maximum atomic E-state index is 7.64. The average Bonchev–Trinajstić information content (AvgIpc) is 2.29. The highest BCUT2D eigenvalue weighted by atomic mass is 32.2. The normalized spacial score (nSPS) is 20.4. The van der Waals surface area contributed by atoms with E-state index in [1.807, 2.05) is 30.8 Å². The molecule has 2 rings (SSSR count). The van der Waals surface area contributed by atoms with Crippen LogP contribution in [0.3, 0.4) is 0 Å². The van der Waals surface area contributed by atoms with E-state index >= 15 is 0 Å². The number of nitrogens with one attached hydrogen (secondary N) is 1. The minimum atomic E-state index is 0.0953. The van der Waals surface area contributed by atoms with Gasteiger partial charge in [-0.15, -0.1) is 0 Å². The first-order chi connectivity index (χ1) is 8.09. The predicted molar refractivity (Wildman–Crippen MR) is 74.1 cm³/mol. The fourth-order valence-electron chi connectivity index (χ4n) is 2.01. The molecule has 0 saturated carbocycles. The average molecular weight is 250 g/mol. The van der Waals surface area contributed by atoms with Gasteiger partial charge < -0.3 is 10.6 Å². The van der Waals surface area contributed by atoms with Crippen molar-refractivity contribution in [3.8, 4) is 0 Å². The van der Waals surface area contributed by atoms with Crippen LogP contribution in [0.4, 0.5) is 5.82 Å². The van der Waals surface area contributed by atoms with Crippen molar-refractivity contribution in [3.05, 3.63) is 23.4 Å². The lowest BCUT2D eigenvalue weighted by atomic mass is 10.1. The second-order valence-electron chi connectivity index (χ2n) is 4.35. The Hall–Kier alpha value is -1.23. The molecule has 17 heavy (non-hydrogen) atoms. The van der Waals surface area contributed by atoms with Gasteiger partial charge >= 0.3 is 0 Å². The maximum Gasteiger partial charge on any atom is 0.140 e. The van der Waals surface area contributed by atoms with Crippen LogP contribution in [0.5, 0.6) is 0 Å². The third kappa shape index (κ3) is 2.54. The molecular formula is C12H18N4S. The number of hydrogen-bond acceptors (Lipinski definition) is 4. The van der Waals surface area contributed by atoms with E-state index in [2.05, 4.69) is 16.8 Å². The summed E-state index contributed by atoms with van der Waals surface area (Å²) in [4.78, 5) is 6.83. The number of aryl methyl sites for hydroxylation is 1. The van der Waals surface area contributed by atoms with Crippen LogP contribution in [0.1, 0.15) is 18.2 Å². The smallest absolute Gasteiger partial charge is 0.140 e. The summed E-state index contributed by atoms with van der Waals surface area (Å²) < 4.78 is 0. The molecule has 0 aliphatic carbocycles. The number of nitrogens with two attached hydrogens (primary N) is 1. The molecular weight excluding hydrogens is 232 g/mol. The van der Waals surface area contributed by atoms with Gasteiger partial charge in [-0.05, 0) is 26.0 Å². The van der Waals surface area contributed by atoms with Gasteiger partial charge in [0.25, 0.3) is 0 Å². The van der Waals surface area contributed by atoms with E-state index < -0.39 is 0 Å². The van der Waals surface area contributed by atoms with Crippen molar-refractivity contribution in [1.29, 1.82) is 5.41 Å². The molecule has 5 heteroatoms. The van der Waals surface area contributed by atoms with Crippen molar-refractivity contribution in [3.63, 3.8) is 0 Å². The summed E-state index contributed by atoms with van der Waals surface area (Å²) in [6.45, 7) is 5.14. The molecule has 0 aromatic carbocycles. The van der Waals surface area contributed by atoms with Gasteiger partial charge in [-0.2, -0.15) is 11.8 Å². The van der Waals surface area contributed by atoms with Crippen LogP contribution in [0, 0.1) is 12.3 Å². The van der Waals surface area contributed by atoms with Crippen LogP contribution in [0.25, 0.3) is 0 Å². The van der Waals surface area contributed by atoms with Crippen LogP contribution in [0.2, 0.25) is 0 Å². The topological polar surface area (TPSA) is 66.0 Å². The fourth-order valence-corrected chi connectivity index (χ4v) is 3.03. The molecule has 0 amide bonds. The molecule has 4 nitrogen and oxygen atoms in total. The third-order valence-electron chi connectivity index (χ3n) is 2.94. The first-order valence-corrected chi connectivity index (χ1v) is 6.91. The summed E-state index contributed by atoms with van der Waals surface area (Å²) in [5, 5.41) is 7.64. The lowest BCUT2D eigenvalue weighted by Gasteiger charge is -2.35. The lowest BCUT2D eigenvalue weighted by Crippen LogP contribution is -2.42. The van der Waals surface area contributed by atoms with Crippen LogP contribution in [-0.2, 0) is 0 Å². The van der Waals surface area contributed by atoms with Crippen LogP contribution < -0.4 is 10.6 Å². The zero-order valence-electron chi connectivity index (χ0n) is 10.2. The second-order valence-corrected chi connectivity index (χ2v) is 5.50. The van der Waals surface area contributed by atoms with Gasteiger partial charge in [0.05, 0.1) is 5.56 Å². The molecule has 0 bridgehead atoms. The fraction of sp³-hybridized carbons (Fsp3) is 0.500. The van der Waals surface area contributed by atoms with Gasteiger partial charge in [0.2, 0.25) is 0 Å². The Morgan fingerprint density at radius 2 is 2.35 bits per heavy atom. The molecule has 0 radical (unpaired) electrons. The largest absolute Gasteiger partial charge is 0.384 e. The van der Waals surface area contributed by atoms with Gasteiger partial charge in [-0.25, -0.2) is 4.98 Å². The van der Waals surface area contributed by atoms with E-state index in [4.69, 9.17) is 11.1 Å². The van der Waals surface area contributed by atoms with E-state index in [1.54, 1.807) is 0 Å². The number of thioether (sulfide) groups is 1. The summed E-state index contributed by atoms with van der Waals surface area (Å²) in [5.41, 5.74) is 7.34. The summed E-state index contributed by atoms with van der Waals surface area (Å²) in [6, 6.07) is 4.25.